The van der Waals surface area contributed by atoms with Gasteiger partial charge in [-0.2, -0.15) is 0 Å². The summed E-state index contributed by atoms with van der Waals surface area (Å²) in [5, 5.41) is 2.68. The Morgan fingerprint density at radius 2 is 1.46 bits per heavy atom. The van der Waals surface area contributed by atoms with Crippen LogP contribution in [0.1, 0.15) is 24.0 Å². The second kappa shape index (κ2) is 6.03. The topological polar surface area (TPSA) is 4.93 Å². The summed E-state index contributed by atoms with van der Waals surface area (Å²) in [5.74, 6) is 0. The van der Waals surface area contributed by atoms with Gasteiger partial charge in [-0.15, -0.1) is 0 Å². The average Bonchev–Trinajstić information content (AvgIpc) is 3.02. The van der Waals surface area contributed by atoms with E-state index in [-0.39, 0.29) is 0 Å². The average molecular weight is 335 g/mol. The van der Waals surface area contributed by atoms with Crippen LogP contribution in [0.25, 0.3) is 33.1 Å². The summed E-state index contributed by atoms with van der Waals surface area (Å²) in [5.41, 5.74) is 8.05. The lowest BCUT2D eigenvalue weighted by Gasteiger charge is -2.18. The van der Waals surface area contributed by atoms with E-state index in [1.807, 2.05) is 0 Å². The molecule has 126 valence electrons. The lowest BCUT2D eigenvalue weighted by Crippen LogP contribution is -2.01. The van der Waals surface area contributed by atoms with Crippen molar-refractivity contribution in [2.45, 2.75) is 19.8 Å². The lowest BCUT2D eigenvalue weighted by atomic mass is 9.96. The molecule has 0 saturated heterocycles. The number of allylic oxidation sites excluding steroid dienone is 4. The van der Waals surface area contributed by atoms with Crippen LogP contribution in [-0.4, -0.2) is 4.57 Å². The molecule has 3 aromatic carbocycles. The molecule has 5 rings (SSSR count). The molecule has 0 atom stereocenters. The monoisotopic (exact) mass is 335 g/mol. The third kappa shape index (κ3) is 2.40. The maximum absolute atomic E-state index is 2.45. The normalized spacial score (nSPS) is 14.5. The van der Waals surface area contributed by atoms with Crippen molar-refractivity contribution >= 4 is 33.1 Å². The molecular weight excluding hydrogens is 314 g/mol. The highest BCUT2D eigenvalue weighted by Crippen LogP contribution is 2.36. The zero-order valence-electron chi connectivity index (χ0n) is 14.9. The first kappa shape index (κ1) is 15.2. The molecule has 1 heteroatoms. The van der Waals surface area contributed by atoms with Gasteiger partial charge in [-0.1, -0.05) is 66.2 Å². The Morgan fingerprint density at radius 3 is 2.27 bits per heavy atom. The highest BCUT2D eigenvalue weighted by atomic mass is 15.0. The molecule has 0 spiro atoms. The number of hydrogen-bond donors (Lipinski definition) is 0. The Morgan fingerprint density at radius 1 is 0.692 bits per heavy atom. The number of nitrogens with zero attached hydrogens (tertiary/aromatic N) is 1. The largest absolute Gasteiger partial charge is 0.313 e. The third-order valence-electron chi connectivity index (χ3n) is 5.39. The van der Waals surface area contributed by atoms with Crippen molar-refractivity contribution < 1.29 is 0 Å². The van der Waals surface area contributed by atoms with E-state index in [1.54, 1.807) is 0 Å². The molecule has 0 aliphatic heterocycles. The Bertz CT molecular complexity index is 1170. The van der Waals surface area contributed by atoms with Crippen LogP contribution in [0.15, 0.2) is 84.9 Å². The first-order chi connectivity index (χ1) is 12.8. The van der Waals surface area contributed by atoms with Crippen LogP contribution in [0.3, 0.4) is 0 Å². The standard InChI is InChI=1S/C25H21N/c1-18-11-16-25-23(17-18)22-9-5-6-10-24(22)26(25)21-14-12-20(13-15-21)19-7-3-2-4-8-19/h2-12,14,16-17H,13,15H2,1H3. The van der Waals surface area contributed by atoms with Crippen LogP contribution in [-0.2, 0) is 0 Å². The van der Waals surface area contributed by atoms with Crippen molar-refractivity contribution in [3.8, 4) is 0 Å². The van der Waals surface area contributed by atoms with Crippen molar-refractivity contribution in [2.75, 3.05) is 0 Å². The molecule has 0 amide bonds. The Balaban J connectivity index is 1.70. The molecule has 1 aromatic heterocycles. The molecule has 0 fully saturated rings. The number of hydrogen-bond acceptors (Lipinski definition) is 0. The zero-order valence-corrected chi connectivity index (χ0v) is 14.9. The van der Waals surface area contributed by atoms with Crippen LogP contribution < -0.4 is 0 Å². The predicted octanol–water partition coefficient (Wildman–Crippen LogP) is 6.82. The van der Waals surface area contributed by atoms with Gasteiger partial charge in [0.05, 0.1) is 11.0 Å². The summed E-state index contributed by atoms with van der Waals surface area (Å²) in [6, 6.07) is 26.3. The second-order valence-electron chi connectivity index (χ2n) is 7.09. The lowest BCUT2D eigenvalue weighted by molar-refractivity contribution is 0.992. The molecule has 1 heterocycles. The molecule has 4 aromatic rings. The van der Waals surface area contributed by atoms with Crippen LogP contribution in [0.4, 0.5) is 0 Å². The van der Waals surface area contributed by atoms with Crippen molar-refractivity contribution in [3.63, 3.8) is 0 Å². The summed E-state index contributed by atoms with van der Waals surface area (Å²) in [6.45, 7) is 2.17. The van der Waals surface area contributed by atoms with Gasteiger partial charge in [-0.25, -0.2) is 0 Å². The van der Waals surface area contributed by atoms with E-state index < -0.39 is 0 Å². The van der Waals surface area contributed by atoms with E-state index in [0.29, 0.717) is 0 Å². The fourth-order valence-electron chi connectivity index (χ4n) is 4.10. The van der Waals surface area contributed by atoms with Gasteiger partial charge in [0.15, 0.2) is 0 Å². The van der Waals surface area contributed by atoms with E-state index in [1.165, 1.54) is 44.2 Å². The van der Waals surface area contributed by atoms with Crippen molar-refractivity contribution in [1.29, 1.82) is 0 Å². The minimum atomic E-state index is 1.06. The quantitative estimate of drug-likeness (QED) is 0.379. The number of para-hydroxylation sites is 1. The SMILES string of the molecule is Cc1ccc2c(c1)c1ccccc1n2C1=CC=C(c2ccccc2)CC1. The van der Waals surface area contributed by atoms with Crippen molar-refractivity contribution in [1.82, 2.24) is 4.57 Å². The van der Waals surface area contributed by atoms with Gasteiger partial charge in [0.2, 0.25) is 0 Å². The minimum Gasteiger partial charge on any atom is -0.313 e. The number of aryl methyl sites for hydroxylation is 1. The fraction of sp³-hybridized carbons (Fsp3) is 0.120. The molecule has 1 aliphatic carbocycles. The number of benzene rings is 3. The summed E-state index contributed by atoms with van der Waals surface area (Å²) in [6.07, 6.45) is 6.73. The fourth-order valence-corrected chi connectivity index (χ4v) is 4.10. The molecule has 0 radical (unpaired) electrons. The van der Waals surface area contributed by atoms with Crippen LogP contribution in [0.5, 0.6) is 0 Å². The van der Waals surface area contributed by atoms with Gasteiger partial charge in [-0.3, -0.25) is 0 Å². The molecular formula is C25H21N. The van der Waals surface area contributed by atoms with Crippen molar-refractivity contribution in [3.05, 3.63) is 96.1 Å². The highest BCUT2D eigenvalue weighted by Gasteiger charge is 2.16. The van der Waals surface area contributed by atoms with Gasteiger partial charge >= 0.3 is 0 Å². The molecule has 0 N–H and O–H groups in total. The van der Waals surface area contributed by atoms with Crippen LogP contribution >= 0.6 is 0 Å². The maximum atomic E-state index is 2.45. The van der Waals surface area contributed by atoms with Gasteiger partial charge in [-0.05, 0) is 55.2 Å². The Hall–Kier alpha value is -3.06. The first-order valence-corrected chi connectivity index (χ1v) is 9.26. The summed E-state index contributed by atoms with van der Waals surface area (Å²) in [7, 11) is 0. The minimum absolute atomic E-state index is 1.06. The summed E-state index contributed by atoms with van der Waals surface area (Å²) in [4.78, 5) is 0. The van der Waals surface area contributed by atoms with Gasteiger partial charge in [0.25, 0.3) is 0 Å². The highest BCUT2D eigenvalue weighted by molar-refractivity contribution is 6.10. The third-order valence-corrected chi connectivity index (χ3v) is 5.39. The Kier molecular flexibility index (Phi) is 3.53. The maximum Gasteiger partial charge on any atom is 0.0538 e. The molecule has 26 heavy (non-hydrogen) atoms. The van der Waals surface area contributed by atoms with Gasteiger partial charge < -0.3 is 4.57 Å². The van der Waals surface area contributed by atoms with Crippen LogP contribution in [0, 0.1) is 6.92 Å². The van der Waals surface area contributed by atoms with Crippen LogP contribution in [0.2, 0.25) is 0 Å². The Labute approximate surface area is 153 Å². The van der Waals surface area contributed by atoms with Gasteiger partial charge in [0.1, 0.15) is 0 Å². The number of fused-ring (bicyclic) bond motifs is 3. The molecule has 0 bridgehead atoms. The van der Waals surface area contributed by atoms with E-state index in [9.17, 15) is 0 Å². The zero-order chi connectivity index (χ0) is 17.5. The van der Waals surface area contributed by atoms with E-state index in [2.05, 4.69) is 96.4 Å². The molecule has 0 unspecified atom stereocenters. The molecule has 1 nitrogen and oxygen atoms in total. The van der Waals surface area contributed by atoms with E-state index >= 15 is 0 Å². The summed E-state index contributed by atoms with van der Waals surface area (Å²) >= 11 is 0. The first-order valence-electron chi connectivity index (χ1n) is 9.26. The smallest absolute Gasteiger partial charge is 0.0538 e. The van der Waals surface area contributed by atoms with Crippen molar-refractivity contribution in [2.24, 2.45) is 0 Å². The van der Waals surface area contributed by atoms with E-state index in [0.717, 1.165) is 12.8 Å². The second-order valence-corrected chi connectivity index (χ2v) is 7.09. The number of rotatable bonds is 2. The molecule has 1 aliphatic rings. The molecule has 0 saturated carbocycles. The summed E-state index contributed by atoms with van der Waals surface area (Å²) < 4.78 is 2.45. The number of aromatic nitrogens is 1. The predicted molar refractivity (Wildman–Crippen MR) is 112 cm³/mol. The van der Waals surface area contributed by atoms with E-state index in [4.69, 9.17) is 0 Å². The van der Waals surface area contributed by atoms with Gasteiger partial charge in [0, 0.05) is 16.5 Å².